The molecule has 2 heterocycles. The fraction of sp³-hybridized carbons (Fsp3) is 0.615. The van der Waals surface area contributed by atoms with Gasteiger partial charge >= 0.3 is 0 Å². The lowest BCUT2D eigenvalue weighted by Gasteiger charge is -2.27. The number of pyridine rings is 1. The SMILES string of the molecule is CNc1ncccc1CN1[C@H](CO)[C@@H](O)[C@@H](O)[C@@H]1C. The fourth-order valence-electron chi connectivity index (χ4n) is 2.67. The van der Waals surface area contributed by atoms with Crippen molar-refractivity contribution in [1.29, 1.82) is 0 Å². The third kappa shape index (κ3) is 2.57. The normalized spacial score (nSPS) is 31.6. The van der Waals surface area contributed by atoms with Gasteiger partial charge in [0.1, 0.15) is 5.82 Å². The molecule has 4 atom stereocenters. The lowest BCUT2D eigenvalue weighted by molar-refractivity contribution is 0.0186. The van der Waals surface area contributed by atoms with Crippen LogP contribution in [-0.4, -0.2) is 63.1 Å². The van der Waals surface area contributed by atoms with Crippen LogP contribution in [0, 0.1) is 0 Å². The zero-order valence-corrected chi connectivity index (χ0v) is 11.2. The van der Waals surface area contributed by atoms with E-state index in [-0.39, 0.29) is 12.6 Å². The van der Waals surface area contributed by atoms with Crippen LogP contribution >= 0.6 is 0 Å². The largest absolute Gasteiger partial charge is 0.395 e. The molecular formula is C13H21N3O3. The minimum absolute atomic E-state index is 0.183. The molecule has 1 aliphatic heterocycles. The van der Waals surface area contributed by atoms with E-state index in [1.54, 1.807) is 13.2 Å². The summed E-state index contributed by atoms with van der Waals surface area (Å²) in [4.78, 5) is 6.14. The molecule has 19 heavy (non-hydrogen) atoms. The molecule has 1 aromatic heterocycles. The van der Waals surface area contributed by atoms with E-state index in [9.17, 15) is 15.3 Å². The molecule has 2 rings (SSSR count). The van der Waals surface area contributed by atoms with Gasteiger partial charge in [0.05, 0.1) is 24.9 Å². The van der Waals surface area contributed by atoms with Crippen LogP contribution in [0.5, 0.6) is 0 Å². The van der Waals surface area contributed by atoms with Crippen molar-refractivity contribution >= 4 is 5.82 Å². The highest BCUT2D eigenvalue weighted by Gasteiger charge is 2.44. The summed E-state index contributed by atoms with van der Waals surface area (Å²) in [6.45, 7) is 2.18. The number of hydrogen-bond donors (Lipinski definition) is 4. The fourth-order valence-corrected chi connectivity index (χ4v) is 2.67. The van der Waals surface area contributed by atoms with Gasteiger partial charge < -0.3 is 20.6 Å². The number of likely N-dealkylation sites (tertiary alicyclic amines) is 1. The number of nitrogens with zero attached hydrogens (tertiary/aromatic N) is 2. The predicted molar refractivity (Wildman–Crippen MR) is 71.7 cm³/mol. The van der Waals surface area contributed by atoms with Crippen molar-refractivity contribution in [3.05, 3.63) is 23.9 Å². The molecule has 0 saturated carbocycles. The molecule has 1 aromatic rings. The highest BCUT2D eigenvalue weighted by Crippen LogP contribution is 2.28. The van der Waals surface area contributed by atoms with E-state index >= 15 is 0 Å². The molecule has 0 unspecified atom stereocenters. The molecule has 0 aliphatic carbocycles. The molecule has 106 valence electrons. The van der Waals surface area contributed by atoms with Gasteiger partial charge in [-0.25, -0.2) is 4.98 Å². The summed E-state index contributed by atoms with van der Waals surface area (Å²) in [6, 6.07) is 3.13. The summed E-state index contributed by atoms with van der Waals surface area (Å²) < 4.78 is 0. The Kier molecular flexibility index (Phi) is 4.36. The first-order chi connectivity index (χ1) is 9.10. The Bertz CT molecular complexity index is 429. The molecule has 0 radical (unpaired) electrons. The quantitative estimate of drug-likeness (QED) is 0.583. The van der Waals surface area contributed by atoms with Gasteiger partial charge in [-0.15, -0.1) is 0 Å². The van der Waals surface area contributed by atoms with Crippen molar-refractivity contribution in [3.63, 3.8) is 0 Å². The number of aliphatic hydroxyl groups is 3. The van der Waals surface area contributed by atoms with Gasteiger partial charge in [0.2, 0.25) is 0 Å². The second kappa shape index (κ2) is 5.83. The van der Waals surface area contributed by atoms with Gasteiger partial charge in [-0.1, -0.05) is 6.07 Å². The second-order valence-electron chi connectivity index (χ2n) is 4.91. The van der Waals surface area contributed by atoms with Crippen LogP contribution in [0.3, 0.4) is 0 Å². The second-order valence-corrected chi connectivity index (χ2v) is 4.91. The third-order valence-electron chi connectivity index (χ3n) is 3.86. The molecule has 0 aromatic carbocycles. The van der Waals surface area contributed by atoms with Crippen molar-refractivity contribution in [2.24, 2.45) is 0 Å². The molecule has 1 saturated heterocycles. The van der Waals surface area contributed by atoms with Crippen LogP contribution in [-0.2, 0) is 6.54 Å². The molecule has 4 N–H and O–H groups in total. The summed E-state index contributed by atoms with van der Waals surface area (Å²) in [6.07, 6.45) is -0.0581. The summed E-state index contributed by atoms with van der Waals surface area (Å²) in [7, 11) is 1.80. The molecule has 0 amide bonds. The molecule has 0 bridgehead atoms. The Hall–Kier alpha value is -1.21. The van der Waals surface area contributed by atoms with Gasteiger partial charge in [0.15, 0.2) is 0 Å². The predicted octanol–water partition coefficient (Wildman–Crippen LogP) is -0.590. The van der Waals surface area contributed by atoms with Crippen LogP contribution < -0.4 is 5.32 Å². The molecule has 1 aliphatic rings. The molecule has 1 fully saturated rings. The Morgan fingerprint density at radius 1 is 1.37 bits per heavy atom. The van der Waals surface area contributed by atoms with E-state index in [4.69, 9.17) is 0 Å². The van der Waals surface area contributed by atoms with Crippen molar-refractivity contribution in [1.82, 2.24) is 9.88 Å². The number of hydrogen-bond acceptors (Lipinski definition) is 6. The number of aliphatic hydroxyl groups excluding tert-OH is 3. The van der Waals surface area contributed by atoms with Gasteiger partial charge in [-0.05, 0) is 13.0 Å². The highest BCUT2D eigenvalue weighted by molar-refractivity contribution is 5.43. The highest BCUT2D eigenvalue weighted by atomic mass is 16.3. The smallest absolute Gasteiger partial charge is 0.130 e. The summed E-state index contributed by atoms with van der Waals surface area (Å²) >= 11 is 0. The average molecular weight is 267 g/mol. The minimum atomic E-state index is -0.922. The van der Waals surface area contributed by atoms with E-state index in [0.717, 1.165) is 11.4 Å². The van der Waals surface area contributed by atoms with Crippen LogP contribution in [0.4, 0.5) is 5.82 Å². The van der Waals surface area contributed by atoms with Crippen LogP contribution in [0.2, 0.25) is 0 Å². The van der Waals surface area contributed by atoms with Gasteiger partial charge in [0, 0.05) is 31.4 Å². The lowest BCUT2D eigenvalue weighted by Crippen LogP contribution is -2.40. The van der Waals surface area contributed by atoms with Gasteiger partial charge in [0.25, 0.3) is 0 Å². The van der Waals surface area contributed by atoms with Gasteiger partial charge in [-0.3, -0.25) is 4.90 Å². The number of rotatable bonds is 4. The molecule has 0 spiro atoms. The number of aromatic nitrogens is 1. The third-order valence-corrected chi connectivity index (χ3v) is 3.86. The zero-order chi connectivity index (χ0) is 14.0. The first-order valence-electron chi connectivity index (χ1n) is 6.44. The van der Waals surface area contributed by atoms with E-state index in [0.29, 0.717) is 6.54 Å². The van der Waals surface area contributed by atoms with Crippen molar-refractivity contribution < 1.29 is 15.3 Å². The Morgan fingerprint density at radius 2 is 2.11 bits per heavy atom. The van der Waals surface area contributed by atoms with E-state index < -0.39 is 18.2 Å². The maximum absolute atomic E-state index is 9.92. The monoisotopic (exact) mass is 267 g/mol. The first-order valence-corrected chi connectivity index (χ1v) is 6.44. The summed E-state index contributed by atoms with van der Waals surface area (Å²) in [5.74, 6) is 0.766. The Labute approximate surface area is 112 Å². The topological polar surface area (TPSA) is 88.9 Å². The van der Waals surface area contributed by atoms with Crippen molar-refractivity contribution in [3.8, 4) is 0 Å². The van der Waals surface area contributed by atoms with E-state index in [1.165, 1.54) is 0 Å². The summed E-state index contributed by atoms with van der Waals surface area (Å²) in [5, 5.41) is 32.2. The Morgan fingerprint density at radius 3 is 2.74 bits per heavy atom. The van der Waals surface area contributed by atoms with Crippen molar-refractivity contribution in [2.45, 2.75) is 37.8 Å². The first kappa shape index (κ1) is 14.2. The standard InChI is InChI=1S/C13H21N3O3/c1-8-11(18)12(19)10(7-17)16(8)6-9-4-3-5-15-13(9)14-2/h3-5,8,10-12,17-19H,6-7H2,1-2H3,(H,14,15)/t8-,10+,11-,12+/m0/s1. The zero-order valence-electron chi connectivity index (χ0n) is 11.2. The van der Waals surface area contributed by atoms with Gasteiger partial charge in [-0.2, -0.15) is 0 Å². The minimum Gasteiger partial charge on any atom is -0.395 e. The molecular weight excluding hydrogens is 246 g/mol. The molecule has 6 nitrogen and oxygen atoms in total. The van der Waals surface area contributed by atoms with Crippen LogP contribution in [0.15, 0.2) is 18.3 Å². The maximum atomic E-state index is 9.92. The van der Waals surface area contributed by atoms with E-state index in [1.807, 2.05) is 24.0 Å². The maximum Gasteiger partial charge on any atom is 0.130 e. The van der Waals surface area contributed by atoms with E-state index in [2.05, 4.69) is 10.3 Å². The van der Waals surface area contributed by atoms with Crippen LogP contribution in [0.1, 0.15) is 12.5 Å². The molecule has 6 heteroatoms. The van der Waals surface area contributed by atoms with Crippen LogP contribution in [0.25, 0.3) is 0 Å². The number of nitrogens with one attached hydrogen (secondary N) is 1. The summed E-state index contributed by atoms with van der Waals surface area (Å²) in [5.41, 5.74) is 0.969. The lowest BCUT2D eigenvalue weighted by atomic mass is 10.1. The number of anilines is 1. The van der Waals surface area contributed by atoms with Crippen molar-refractivity contribution in [2.75, 3.05) is 19.0 Å². The Balaban J connectivity index is 2.21. The average Bonchev–Trinajstić information content (AvgIpc) is 2.64.